The van der Waals surface area contributed by atoms with E-state index >= 15 is 0 Å². The minimum Gasteiger partial charge on any atom is -0.481 e. The highest BCUT2D eigenvalue weighted by Crippen LogP contribution is 2.26. The Bertz CT molecular complexity index is 659. The number of carboxylic acid groups (broad SMARTS) is 1. The number of carbonyl (C=O) groups is 1. The first-order valence-electron chi connectivity index (χ1n) is 5.17. The first-order chi connectivity index (χ1) is 8.97. The summed E-state index contributed by atoms with van der Waals surface area (Å²) in [6.45, 7) is 4.24. The van der Waals surface area contributed by atoms with Crippen molar-refractivity contribution in [1.82, 2.24) is 14.5 Å². The molecule has 5 nitrogen and oxygen atoms in total. The molecule has 0 unspecified atom stereocenters. The number of fused-ring (bicyclic) bond motifs is 1. The highest BCUT2D eigenvalue weighted by Gasteiger charge is 2.14. The molecule has 0 aliphatic rings. The maximum Gasteiger partial charge on any atom is 0.313 e. The highest BCUT2D eigenvalue weighted by atomic mass is 79.9. The highest BCUT2D eigenvalue weighted by molar-refractivity contribution is 9.11. The normalized spacial score (nSPS) is 10.8. The molecule has 2 aromatic heterocycles. The molecule has 0 atom stereocenters. The molecule has 0 saturated carbocycles. The van der Waals surface area contributed by atoms with Crippen LogP contribution in [0.4, 0.5) is 0 Å². The third-order valence-electron chi connectivity index (χ3n) is 2.17. The summed E-state index contributed by atoms with van der Waals surface area (Å²) in [5, 5.41) is 9.81. The van der Waals surface area contributed by atoms with Crippen LogP contribution in [0.2, 0.25) is 5.02 Å². The Labute approximate surface area is 126 Å². The van der Waals surface area contributed by atoms with Crippen molar-refractivity contribution in [1.29, 1.82) is 0 Å². The van der Waals surface area contributed by atoms with E-state index in [9.17, 15) is 4.79 Å². The maximum atomic E-state index is 10.7. The van der Waals surface area contributed by atoms with E-state index in [2.05, 4.69) is 32.5 Å². The predicted molar refractivity (Wildman–Crippen MR) is 79.0 cm³/mol. The molecule has 2 rings (SSSR count). The van der Waals surface area contributed by atoms with Gasteiger partial charge >= 0.3 is 5.97 Å². The Hall–Kier alpha value is -1.05. The molecule has 0 fully saturated rings. The van der Waals surface area contributed by atoms with Gasteiger partial charge in [0.05, 0.1) is 17.3 Å². The zero-order chi connectivity index (χ0) is 14.0. The number of pyridine rings is 1. The van der Waals surface area contributed by atoms with Gasteiger partial charge in [-0.15, -0.1) is 0 Å². The molecule has 8 heteroatoms. The minimum atomic E-state index is -0.896. The van der Waals surface area contributed by atoms with Crippen molar-refractivity contribution in [3.8, 4) is 0 Å². The van der Waals surface area contributed by atoms with E-state index in [0.29, 0.717) is 27.9 Å². The summed E-state index contributed by atoms with van der Waals surface area (Å²) in [5.74, 6) is -0.960. The van der Waals surface area contributed by atoms with Crippen LogP contribution in [0, 0.1) is 0 Å². The molecule has 1 N–H and O–H groups in total. The van der Waals surface area contributed by atoms with Crippen LogP contribution in [0.3, 0.4) is 0 Å². The predicted octanol–water partition coefficient (Wildman–Crippen LogP) is 3.17. The van der Waals surface area contributed by atoms with Gasteiger partial charge in [0.1, 0.15) is 5.52 Å². The molecule has 0 amide bonds. The molecule has 0 aliphatic heterocycles. The van der Waals surface area contributed by atoms with Gasteiger partial charge in [-0.1, -0.05) is 45.9 Å². The molecule has 0 saturated heterocycles. The van der Waals surface area contributed by atoms with Gasteiger partial charge in [-0.2, -0.15) is 0 Å². The van der Waals surface area contributed by atoms with Gasteiger partial charge in [0, 0.05) is 10.7 Å². The van der Waals surface area contributed by atoms with Crippen molar-refractivity contribution in [2.75, 3.05) is 5.75 Å². The number of allylic oxidation sites excluding steroid dienone is 1. The van der Waals surface area contributed by atoms with E-state index in [1.165, 1.54) is 6.20 Å². The van der Waals surface area contributed by atoms with Crippen LogP contribution in [0.25, 0.3) is 11.2 Å². The lowest BCUT2D eigenvalue weighted by molar-refractivity contribution is -0.133. The molecule has 100 valence electrons. The summed E-state index contributed by atoms with van der Waals surface area (Å²) in [7, 11) is 0. The summed E-state index contributed by atoms with van der Waals surface area (Å²) in [6.07, 6.45) is 1.53. The molecule has 0 aliphatic carbocycles. The van der Waals surface area contributed by atoms with E-state index in [0.717, 1.165) is 16.2 Å². The molecule has 2 aromatic rings. The maximum absolute atomic E-state index is 10.7. The number of carboxylic acids is 1. The number of nitrogens with zero attached hydrogens (tertiary/aromatic N) is 3. The molecule has 19 heavy (non-hydrogen) atoms. The van der Waals surface area contributed by atoms with E-state index in [-0.39, 0.29) is 5.75 Å². The van der Waals surface area contributed by atoms with Gasteiger partial charge in [-0.3, -0.25) is 9.36 Å². The van der Waals surface area contributed by atoms with E-state index < -0.39 is 5.97 Å². The fraction of sp³-hybridized carbons (Fsp3) is 0.182. The monoisotopic (exact) mass is 361 g/mol. The molecular weight excluding hydrogens is 354 g/mol. The van der Waals surface area contributed by atoms with Gasteiger partial charge in [0.2, 0.25) is 0 Å². The van der Waals surface area contributed by atoms with Gasteiger partial charge in [0.25, 0.3) is 0 Å². The number of thioether (sulfide) groups is 1. The molecule has 0 spiro atoms. The lowest BCUT2D eigenvalue weighted by Gasteiger charge is -2.05. The van der Waals surface area contributed by atoms with Crippen LogP contribution in [-0.2, 0) is 11.3 Å². The average molecular weight is 363 g/mol. The van der Waals surface area contributed by atoms with E-state index in [4.69, 9.17) is 16.7 Å². The first kappa shape index (κ1) is 14.4. The molecule has 0 aromatic carbocycles. The number of rotatable bonds is 5. The quantitative estimate of drug-likeness (QED) is 0.827. The van der Waals surface area contributed by atoms with Crippen molar-refractivity contribution in [3.63, 3.8) is 0 Å². The van der Waals surface area contributed by atoms with Crippen LogP contribution in [0.15, 0.2) is 28.5 Å². The second-order valence-corrected chi connectivity index (χ2v) is 6.18. The third-order valence-corrected chi connectivity index (χ3v) is 3.59. The summed E-state index contributed by atoms with van der Waals surface area (Å²) < 4.78 is 2.55. The van der Waals surface area contributed by atoms with Crippen LogP contribution in [-0.4, -0.2) is 31.4 Å². The number of imidazole rings is 1. The van der Waals surface area contributed by atoms with Crippen molar-refractivity contribution < 1.29 is 9.90 Å². The van der Waals surface area contributed by atoms with Crippen LogP contribution >= 0.6 is 39.3 Å². The van der Waals surface area contributed by atoms with Gasteiger partial charge in [-0.05, 0) is 6.07 Å². The minimum absolute atomic E-state index is 0.0637. The Morgan fingerprint density at radius 3 is 3.00 bits per heavy atom. The zero-order valence-corrected chi connectivity index (χ0v) is 12.8. The standard InChI is InChI=1S/C11H9BrClN3O2S/c1-6(12)4-16-10-8(2-7(13)3-14-10)15-11(16)19-5-9(17)18/h2-3H,1,4-5H2,(H,17,18). The second kappa shape index (κ2) is 5.94. The summed E-state index contributed by atoms with van der Waals surface area (Å²) in [4.78, 5) is 19.2. The molecule has 2 heterocycles. The number of hydrogen-bond acceptors (Lipinski definition) is 4. The Balaban J connectivity index is 2.47. The third kappa shape index (κ3) is 3.49. The van der Waals surface area contributed by atoms with E-state index in [1.807, 2.05) is 0 Å². The molecule has 0 radical (unpaired) electrons. The number of halogens is 2. The summed E-state index contributed by atoms with van der Waals surface area (Å²) in [5.41, 5.74) is 1.28. The molecular formula is C11H9BrClN3O2S. The van der Waals surface area contributed by atoms with Gasteiger partial charge in [-0.25, -0.2) is 9.97 Å². The van der Waals surface area contributed by atoms with Gasteiger partial charge < -0.3 is 5.11 Å². The van der Waals surface area contributed by atoms with Crippen LogP contribution in [0.1, 0.15) is 0 Å². The lowest BCUT2D eigenvalue weighted by Crippen LogP contribution is -2.04. The first-order valence-corrected chi connectivity index (χ1v) is 7.32. The fourth-order valence-corrected chi connectivity index (χ4v) is 2.64. The van der Waals surface area contributed by atoms with Crippen molar-refractivity contribution >= 4 is 56.4 Å². The number of aromatic nitrogens is 3. The summed E-state index contributed by atoms with van der Waals surface area (Å²) in [6, 6.07) is 1.70. The van der Waals surface area contributed by atoms with Crippen LogP contribution < -0.4 is 0 Å². The van der Waals surface area contributed by atoms with Crippen molar-refractivity contribution in [2.45, 2.75) is 11.7 Å². The summed E-state index contributed by atoms with van der Waals surface area (Å²) >= 11 is 10.3. The smallest absolute Gasteiger partial charge is 0.313 e. The Morgan fingerprint density at radius 2 is 2.37 bits per heavy atom. The molecule has 0 bridgehead atoms. The van der Waals surface area contributed by atoms with Crippen LogP contribution in [0.5, 0.6) is 0 Å². The topological polar surface area (TPSA) is 68.0 Å². The van der Waals surface area contributed by atoms with Crippen molar-refractivity contribution in [3.05, 3.63) is 28.3 Å². The average Bonchev–Trinajstić information content (AvgIpc) is 2.63. The zero-order valence-electron chi connectivity index (χ0n) is 9.64. The Morgan fingerprint density at radius 1 is 1.63 bits per heavy atom. The SMILES string of the molecule is C=C(Br)Cn1c(SCC(=O)O)nc2cc(Cl)cnc21. The second-order valence-electron chi connectivity index (χ2n) is 3.68. The number of hydrogen-bond donors (Lipinski definition) is 1. The van der Waals surface area contributed by atoms with Gasteiger partial charge in [0.15, 0.2) is 10.8 Å². The van der Waals surface area contributed by atoms with E-state index in [1.54, 1.807) is 10.6 Å². The Kier molecular flexibility index (Phi) is 4.49. The lowest BCUT2D eigenvalue weighted by atomic mass is 10.4. The fourth-order valence-electron chi connectivity index (χ4n) is 1.52. The van der Waals surface area contributed by atoms with Crippen molar-refractivity contribution in [2.24, 2.45) is 0 Å². The number of aliphatic carboxylic acids is 1. The largest absolute Gasteiger partial charge is 0.481 e.